The quantitative estimate of drug-likeness (QED) is 0.809. The van der Waals surface area contributed by atoms with Crippen LogP contribution in [0.15, 0.2) is 12.1 Å². The molecule has 2 rings (SSSR count). The highest BCUT2D eigenvalue weighted by Gasteiger charge is 2.28. The van der Waals surface area contributed by atoms with Crippen LogP contribution in [0.1, 0.15) is 24.5 Å². The molecule has 1 N–H and O–H groups in total. The molecule has 140 valence electrons. The summed E-state index contributed by atoms with van der Waals surface area (Å²) in [6, 6.07) is 3.52. The van der Waals surface area contributed by atoms with Gasteiger partial charge < -0.3 is 10.0 Å². The zero-order valence-electron chi connectivity index (χ0n) is 15.2. The van der Waals surface area contributed by atoms with Crippen molar-refractivity contribution in [2.75, 3.05) is 36.5 Å². The molecule has 6 nitrogen and oxygen atoms in total. The van der Waals surface area contributed by atoms with E-state index in [4.69, 9.17) is 0 Å². The minimum absolute atomic E-state index is 0.0256. The first kappa shape index (κ1) is 19.9. The van der Waals surface area contributed by atoms with E-state index in [1.165, 1.54) is 4.31 Å². The van der Waals surface area contributed by atoms with E-state index in [0.29, 0.717) is 30.6 Å². The number of carbonyl (C=O) groups excluding carboxylic acids is 1. The summed E-state index contributed by atoms with van der Waals surface area (Å²) < 4.78 is 25.5. The molecule has 0 spiro atoms. The lowest BCUT2D eigenvalue weighted by molar-refractivity contribution is -0.129. The summed E-state index contributed by atoms with van der Waals surface area (Å²) in [5.41, 5.74) is 1.76. The molecule has 1 saturated heterocycles. The van der Waals surface area contributed by atoms with Crippen LogP contribution >= 0.6 is 11.8 Å². The van der Waals surface area contributed by atoms with Crippen LogP contribution in [0.25, 0.3) is 0 Å². The van der Waals surface area contributed by atoms with Crippen molar-refractivity contribution in [3.8, 4) is 5.75 Å². The highest BCUT2D eigenvalue weighted by molar-refractivity contribution is 8.00. The topological polar surface area (TPSA) is 77.9 Å². The van der Waals surface area contributed by atoms with Crippen LogP contribution in [0.3, 0.4) is 0 Å². The maximum atomic E-state index is 12.3. The first-order valence-corrected chi connectivity index (χ1v) is 11.2. The van der Waals surface area contributed by atoms with Gasteiger partial charge in [-0.1, -0.05) is 13.0 Å². The number of nitrogens with zero attached hydrogens (tertiary/aromatic N) is 2. The van der Waals surface area contributed by atoms with Gasteiger partial charge in [0.2, 0.25) is 15.9 Å². The van der Waals surface area contributed by atoms with Crippen molar-refractivity contribution in [3.63, 3.8) is 0 Å². The third kappa shape index (κ3) is 4.61. The van der Waals surface area contributed by atoms with Gasteiger partial charge >= 0.3 is 0 Å². The summed E-state index contributed by atoms with van der Waals surface area (Å²) in [6.07, 6.45) is 2.29. The molecule has 1 atom stereocenters. The van der Waals surface area contributed by atoms with Crippen LogP contribution in [-0.4, -0.2) is 61.7 Å². The minimum atomic E-state index is -3.50. The van der Waals surface area contributed by atoms with Gasteiger partial charge in [0.25, 0.3) is 0 Å². The van der Waals surface area contributed by atoms with Gasteiger partial charge in [-0.2, -0.15) is 0 Å². The normalized spacial score (nSPS) is 18.5. The predicted octanol–water partition coefficient (Wildman–Crippen LogP) is 1.99. The van der Waals surface area contributed by atoms with E-state index < -0.39 is 10.0 Å². The Hall–Kier alpha value is -1.41. The summed E-state index contributed by atoms with van der Waals surface area (Å²) in [5.74, 6) is 0.960. The Kier molecular flexibility index (Phi) is 6.26. The number of rotatable bonds is 6. The Morgan fingerprint density at radius 2 is 2.08 bits per heavy atom. The largest absolute Gasteiger partial charge is 0.505 e. The monoisotopic (exact) mass is 386 g/mol. The predicted molar refractivity (Wildman–Crippen MR) is 103 cm³/mol. The summed E-state index contributed by atoms with van der Waals surface area (Å²) in [5, 5.41) is 10.2. The lowest BCUT2D eigenvalue weighted by Crippen LogP contribution is -2.41. The second kappa shape index (κ2) is 7.86. The maximum absolute atomic E-state index is 12.3. The number of benzene rings is 1. The second-order valence-corrected chi connectivity index (χ2v) is 9.66. The van der Waals surface area contributed by atoms with E-state index in [1.807, 2.05) is 13.0 Å². The average Bonchev–Trinajstić information content (AvgIpc) is 2.52. The fourth-order valence-electron chi connectivity index (χ4n) is 2.93. The summed E-state index contributed by atoms with van der Waals surface area (Å²) in [7, 11) is -1.70. The van der Waals surface area contributed by atoms with Gasteiger partial charge in [0.15, 0.2) is 0 Å². The summed E-state index contributed by atoms with van der Waals surface area (Å²) in [6.45, 7) is 4.68. The number of hydrogen-bond acceptors (Lipinski definition) is 5. The van der Waals surface area contributed by atoms with E-state index in [0.717, 1.165) is 24.1 Å². The molecule has 0 aromatic heterocycles. The van der Waals surface area contributed by atoms with Crippen LogP contribution in [0, 0.1) is 6.92 Å². The van der Waals surface area contributed by atoms with Gasteiger partial charge in [-0.15, -0.1) is 11.8 Å². The Morgan fingerprint density at radius 3 is 2.68 bits per heavy atom. The molecule has 1 unspecified atom stereocenters. The molecule has 0 saturated carbocycles. The molecule has 0 bridgehead atoms. The van der Waals surface area contributed by atoms with E-state index in [9.17, 15) is 18.3 Å². The molecule has 1 aliphatic heterocycles. The van der Waals surface area contributed by atoms with Crippen LogP contribution in [0.5, 0.6) is 5.75 Å². The van der Waals surface area contributed by atoms with E-state index in [1.54, 1.807) is 36.7 Å². The Morgan fingerprint density at radius 1 is 1.40 bits per heavy atom. The fraction of sp³-hybridized carbons (Fsp3) is 0.588. The van der Waals surface area contributed by atoms with Crippen LogP contribution in [-0.2, 0) is 21.2 Å². The summed E-state index contributed by atoms with van der Waals surface area (Å²) >= 11 is 1.62. The smallest absolute Gasteiger partial charge is 0.235 e. The Balaban J connectivity index is 2.38. The van der Waals surface area contributed by atoms with Crippen molar-refractivity contribution in [2.24, 2.45) is 0 Å². The lowest BCUT2D eigenvalue weighted by atomic mass is 10.0. The number of phenolic OH excluding ortho intramolecular Hbond substituents is 1. The highest BCUT2D eigenvalue weighted by atomic mass is 32.2. The Labute approximate surface area is 154 Å². The van der Waals surface area contributed by atoms with Crippen molar-refractivity contribution in [3.05, 3.63) is 23.3 Å². The second-order valence-electron chi connectivity index (χ2n) is 6.44. The van der Waals surface area contributed by atoms with Gasteiger partial charge in [-0.05, 0) is 37.0 Å². The van der Waals surface area contributed by atoms with Crippen molar-refractivity contribution >= 4 is 33.4 Å². The molecule has 8 heteroatoms. The number of carbonyl (C=O) groups is 1. The molecule has 25 heavy (non-hydrogen) atoms. The number of amides is 1. The average molecular weight is 387 g/mol. The van der Waals surface area contributed by atoms with Gasteiger partial charge in [0, 0.05) is 25.9 Å². The van der Waals surface area contributed by atoms with Crippen molar-refractivity contribution < 1.29 is 18.3 Å². The van der Waals surface area contributed by atoms with E-state index in [2.05, 4.69) is 0 Å². The molecule has 1 heterocycles. The fourth-order valence-corrected chi connectivity index (χ4v) is 5.24. The molecule has 1 aromatic carbocycles. The molecule has 1 aromatic rings. The lowest BCUT2D eigenvalue weighted by Gasteiger charge is -2.29. The third-order valence-electron chi connectivity index (χ3n) is 4.25. The van der Waals surface area contributed by atoms with Crippen LogP contribution in [0.4, 0.5) is 5.69 Å². The molecule has 1 aliphatic rings. The first-order valence-electron chi connectivity index (χ1n) is 8.32. The molecular weight excluding hydrogens is 360 g/mol. The van der Waals surface area contributed by atoms with E-state index >= 15 is 0 Å². The molecule has 1 fully saturated rings. The van der Waals surface area contributed by atoms with Crippen molar-refractivity contribution in [1.29, 1.82) is 0 Å². The minimum Gasteiger partial charge on any atom is -0.505 e. The highest BCUT2D eigenvalue weighted by Crippen LogP contribution is 2.35. The van der Waals surface area contributed by atoms with Gasteiger partial charge in [0.1, 0.15) is 5.75 Å². The third-order valence-corrected chi connectivity index (χ3v) is 6.62. The zero-order valence-corrected chi connectivity index (χ0v) is 16.8. The standard InChI is InChI=1S/C17H26N2O4S2/c1-5-6-19(25(4,22)23)14-10-13(9-12(2)16(14)20)11-15-17(21)18(3)7-8-24-15/h9-10,15,20H,5-8,11H2,1-4H3. The molecule has 0 radical (unpaired) electrons. The van der Waals surface area contributed by atoms with Crippen molar-refractivity contribution in [1.82, 2.24) is 4.90 Å². The zero-order chi connectivity index (χ0) is 18.8. The molecule has 0 aliphatic carbocycles. The summed E-state index contributed by atoms with van der Waals surface area (Å²) in [4.78, 5) is 14.0. The Bertz CT molecular complexity index is 749. The molecular formula is C17H26N2O4S2. The van der Waals surface area contributed by atoms with Crippen LogP contribution in [0.2, 0.25) is 0 Å². The number of aryl methyl sites for hydroxylation is 1. The van der Waals surface area contributed by atoms with Gasteiger partial charge in [-0.25, -0.2) is 8.42 Å². The number of sulfonamides is 1. The van der Waals surface area contributed by atoms with Gasteiger partial charge in [-0.3, -0.25) is 9.10 Å². The van der Waals surface area contributed by atoms with E-state index in [-0.39, 0.29) is 16.9 Å². The number of phenols is 1. The van der Waals surface area contributed by atoms with Crippen molar-refractivity contribution in [2.45, 2.75) is 31.9 Å². The number of anilines is 1. The van der Waals surface area contributed by atoms with Crippen LogP contribution < -0.4 is 4.31 Å². The number of aromatic hydroxyl groups is 1. The maximum Gasteiger partial charge on any atom is 0.235 e. The number of hydrogen-bond donors (Lipinski definition) is 1. The molecule has 1 amide bonds. The van der Waals surface area contributed by atoms with Gasteiger partial charge in [0.05, 0.1) is 17.2 Å². The SMILES string of the molecule is CCCN(c1cc(CC2SCCN(C)C2=O)cc(C)c1O)S(C)(=O)=O. The first-order chi connectivity index (χ1) is 11.6. The number of thioether (sulfide) groups is 1.